The molecule has 1 saturated heterocycles. The second-order valence-electron chi connectivity index (χ2n) is 7.24. The average molecular weight is 439 g/mol. The van der Waals surface area contributed by atoms with E-state index in [2.05, 4.69) is 21.4 Å². The third-order valence-corrected chi connectivity index (χ3v) is 6.73. The molecule has 0 aliphatic carbocycles. The molecule has 1 aromatic carbocycles. The number of halogens is 1. The summed E-state index contributed by atoms with van der Waals surface area (Å²) in [4.78, 5) is 24.3. The monoisotopic (exact) mass is 438 g/mol. The zero-order valence-corrected chi connectivity index (χ0v) is 17.6. The van der Waals surface area contributed by atoms with Crippen molar-refractivity contribution >= 4 is 44.9 Å². The number of nitrogens with one attached hydrogen (secondary N) is 1. The van der Waals surface area contributed by atoms with Crippen LogP contribution in [0.2, 0.25) is 5.02 Å². The zero-order valence-electron chi connectivity index (χ0n) is 16.0. The maximum Gasteiger partial charge on any atom is 0.289 e. The molecule has 1 aliphatic rings. The smallest absolute Gasteiger partial charge is 0.289 e. The third kappa shape index (κ3) is 3.78. The normalized spacial score (nSPS) is 14.9. The lowest BCUT2D eigenvalue weighted by atomic mass is 10.0. The number of nitrogens with zero attached hydrogens (tertiary/aromatic N) is 3. The van der Waals surface area contributed by atoms with Gasteiger partial charge in [-0.3, -0.25) is 4.79 Å². The minimum atomic E-state index is -0.0475. The van der Waals surface area contributed by atoms with Crippen molar-refractivity contribution in [3.8, 4) is 10.4 Å². The molecule has 0 saturated carbocycles. The number of thiophene rings is 1. The predicted molar refractivity (Wildman–Crippen MR) is 119 cm³/mol. The van der Waals surface area contributed by atoms with Gasteiger partial charge in [-0.05, 0) is 48.7 Å². The summed E-state index contributed by atoms with van der Waals surface area (Å²) in [6.07, 6.45) is 4.83. The highest BCUT2D eigenvalue weighted by Crippen LogP contribution is 2.36. The lowest BCUT2D eigenvalue weighted by Gasteiger charge is -2.32. The number of benzene rings is 1. The molecule has 1 N–H and O–H groups in total. The summed E-state index contributed by atoms with van der Waals surface area (Å²) < 4.78 is 6.27. The van der Waals surface area contributed by atoms with Gasteiger partial charge in [-0.1, -0.05) is 23.7 Å². The van der Waals surface area contributed by atoms with Crippen molar-refractivity contribution in [1.29, 1.82) is 0 Å². The fourth-order valence-corrected chi connectivity index (χ4v) is 4.88. The third-order valence-electron chi connectivity index (χ3n) is 5.29. The summed E-state index contributed by atoms with van der Waals surface area (Å²) in [5.74, 6) is 1.20. The van der Waals surface area contributed by atoms with Gasteiger partial charge in [0.15, 0.2) is 5.76 Å². The lowest BCUT2D eigenvalue weighted by Crippen LogP contribution is -2.42. The number of anilines is 1. The topological polar surface area (TPSA) is 71.3 Å². The number of aromatic nitrogens is 2. The van der Waals surface area contributed by atoms with Gasteiger partial charge in [-0.2, -0.15) is 0 Å². The Hall–Kier alpha value is -2.90. The van der Waals surface area contributed by atoms with Crippen molar-refractivity contribution in [2.75, 3.05) is 18.4 Å². The summed E-state index contributed by atoms with van der Waals surface area (Å²) in [5, 5.41) is 4.29. The number of fused-ring (bicyclic) bond motifs is 1. The predicted octanol–water partition coefficient (Wildman–Crippen LogP) is 5.32. The maximum atomic E-state index is 12.4. The molecule has 0 bridgehead atoms. The Kier molecular flexibility index (Phi) is 5.14. The molecule has 30 heavy (non-hydrogen) atoms. The van der Waals surface area contributed by atoms with Crippen LogP contribution in [0.3, 0.4) is 0 Å². The number of piperidine rings is 1. The number of carbonyl (C=O) groups excluding carboxylic acids is 1. The average Bonchev–Trinajstić information content (AvgIpc) is 3.45. The molecule has 3 aromatic heterocycles. The van der Waals surface area contributed by atoms with E-state index in [0.29, 0.717) is 18.8 Å². The summed E-state index contributed by atoms with van der Waals surface area (Å²) in [7, 11) is 0. The van der Waals surface area contributed by atoms with E-state index < -0.39 is 0 Å². The number of carbonyl (C=O) groups is 1. The highest BCUT2D eigenvalue weighted by Gasteiger charge is 2.25. The van der Waals surface area contributed by atoms with Gasteiger partial charge in [0.2, 0.25) is 0 Å². The minimum absolute atomic E-state index is 0.0475. The van der Waals surface area contributed by atoms with Gasteiger partial charge < -0.3 is 14.6 Å². The number of furan rings is 1. The Balaban J connectivity index is 1.30. The molecule has 0 unspecified atom stereocenters. The zero-order chi connectivity index (χ0) is 20.5. The maximum absolute atomic E-state index is 12.4. The van der Waals surface area contributed by atoms with E-state index in [-0.39, 0.29) is 11.9 Å². The van der Waals surface area contributed by atoms with E-state index in [1.54, 1.807) is 29.8 Å². The summed E-state index contributed by atoms with van der Waals surface area (Å²) in [6.45, 7) is 1.37. The van der Waals surface area contributed by atoms with Gasteiger partial charge in [-0.25, -0.2) is 9.97 Å². The molecule has 4 aromatic rings. The summed E-state index contributed by atoms with van der Waals surface area (Å²) in [6, 6.07) is 13.6. The molecule has 6 nitrogen and oxygen atoms in total. The summed E-state index contributed by atoms with van der Waals surface area (Å²) >= 11 is 7.68. The number of hydrogen-bond donors (Lipinski definition) is 1. The van der Waals surface area contributed by atoms with E-state index in [1.807, 2.05) is 29.2 Å². The number of rotatable bonds is 4. The van der Waals surface area contributed by atoms with Gasteiger partial charge >= 0.3 is 0 Å². The Bertz CT molecular complexity index is 1170. The van der Waals surface area contributed by atoms with Crippen molar-refractivity contribution in [3.63, 3.8) is 0 Å². The van der Waals surface area contributed by atoms with Crippen LogP contribution in [0.15, 0.2) is 59.5 Å². The Labute approximate surface area is 182 Å². The molecular weight excluding hydrogens is 420 g/mol. The van der Waals surface area contributed by atoms with Gasteiger partial charge in [0, 0.05) is 29.0 Å². The van der Waals surface area contributed by atoms with Crippen molar-refractivity contribution in [2.45, 2.75) is 18.9 Å². The van der Waals surface area contributed by atoms with Crippen LogP contribution in [0.4, 0.5) is 5.82 Å². The highest BCUT2D eigenvalue weighted by molar-refractivity contribution is 7.22. The van der Waals surface area contributed by atoms with E-state index in [1.165, 1.54) is 6.26 Å². The van der Waals surface area contributed by atoms with Crippen molar-refractivity contribution in [1.82, 2.24) is 14.9 Å². The second-order valence-corrected chi connectivity index (χ2v) is 8.73. The van der Waals surface area contributed by atoms with Gasteiger partial charge in [0.1, 0.15) is 12.1 Å². The van der Waals surface area contributed by atoms with Crippen LogP contribution in [0.5, 0.6) is 0 Å². The van der Waals surface area contributed by atoms with Crippen molar-refractivity contribution in [3.05, 3.63) is 65.8 Å². The number of hydrogen-bond acceptors (Lipinski definition) is 6. The van der Waals surface area contributed by atoms with Gasteiger partial charge in [0.05, 0.1) is 16.5 Å². The number of amides is 1. The first kappa shape index (κ1) is 19.1. The molecular formula is C22H19ClN4O2S. The van der Waals surface area contributed by atoms with Crippen molar-refractivity contribution < 1.29 is 9.21 Å². The van der Waals surface area contributed by atoms with Crippen LogP contribution in [-0.4, -0.2) is 39.9 Å². The fraction of sp³-hybridized carbons (Fsp3) is 0.227. The molecule has 0 radical (unpaired) electrons. The molecule has 1 aliphatic heterocycles. The molecule has 0 atom stereocenters. The van der Waals surface area contributed by atoms with E-state index in [9.17, 15) is 4.79 Å². The second kappa shape index (κ2) is 8.08. The first-order valence-electron chi connectivity index (χ1n) is 9.77. The quantitative estimate of drug-likeness (QED) is 0.466. The summed E-state index contributed by atoms with van der Waals surface area (Å²) in [5.41, 5.74) is 2.03. The first-order chi connectivity index (χ1) is 14.7. The lowest BCUT2D eigenvalue weighted by molar-refractivity contribution is 0.0686. The Morgan fingerprint density at radius 2 is 1.97 bits per heavy atom. The molecule has 1 amide bonds. The number of likely N-dealkylation sites (tertiary alicyclic amines) is 1. The van der Waals surface area contributed by atoms with Crippen LogP contribution in [0.1, 0.15) is 23.4 Å². The molecule has 1 fully saturated rings. The van der Waals surface area contributed by atoms with Gasteiger partial charge in [-0.15, -0.1) is 11.3 Å². The van der Waals surface area contributed by atoms with Crippen LogP contribution in [-0.2, 0) is 0 Å². The largest absolute Gasteiger partial charge is 0.459 e. The van der Waals surface area contributed by atoms with Crippen molar-refractivity contribution in [2.24, 2.45) is 0 Å². The molecule has 152 valence electrons. The minimum Gasteiger partial charge on any atom is -0.459 e. The standard InChI is InChI=1S/C22H19ClN4O2S/c23-15-5-3-14(4-6-15)19-12-17-20(30-19)21(25-13-24-17)26-16-7-9-27(10-8-16)22(28)18-2-1-11-29-18/h1-6,11-13,16H,7-10H2,(H,24,25,26). The SMILES string of the molecule is O=C(c1ccco1)N1CCC(Nc2ncnc3cc(-c4ccc(Cl)cc4)sc23)CC1. The van der Waals surface area contributed by atoms with Crippen LogP contribution < -0.4 is 5.32 Å². The first-order valence-corrected chi connectivity index (χ1v) is 11.0. The highest BCUT2D eigenvalue weighted by atomic mass is 35.5. The fourth-order valence-electron chi connectivity index (χ4n) is 3.69. The van der Waals surface area contributed by atoms with E-state index >= 15 is 0 Å². The van der Waals surface area contributed by atoms with Crippen LogP contribution in [0, 0.1) is 0 Å². The Morgan fingerprint density at radius 3 is 2.70 bits per heavy atom. The Morgan fingerprint density at radius 1 is 1.17 bits per heavy atom. The van der Waals surface area contributed by atoms with Crippen LogP contribution in [0.25, 0.3) is 20.7 Å². The van der Waals surface area contributed by atoms with E-state index in [0.717, 1.165) is 44.3 Å². The van der Waals surface area contributed by atoms with E-state index in [4.69, 9.17) is 16.0 Å². The molecule has 0 spiro atoms. The molecule has 8 heteroatoms. The van der Waals surface area contributed by atoms with Crippen LogP contribution >= 0.6 is 22.9 Å². The molecule has 5 rings (SSSR count). The van der Waals surface area contributed by atoms with Gasteiger partial charge in [0.25, 0.3) is 5.91 Å². The molecule has 4 heterocycles.